The van der Waals surface area contributed by atoms with E-state index in [9.17, 15) is 20.6 Å². The molecule has 1 saturated heterocycles. The average Bonchev–Trinajstić information content (AvgIpc) is 3.15. The van der Waals surface area contributed by atoms with E-state index in [1.807, 2.05) is 36.4 Å². The summed E-state index contributed by atoms with van der Waals surface area (Å²) >= 11 is 0. The zero-order valence-electron chi connectivity index (χ0n) is 12.6. The summed E-state index contributed by atoms with van der Waals surface area (Å²) in [4.78, 5) is 3.97. The van der Waals surface area contributed by atoms with E-state index in [4.69, 9.17) is 4.74 Å². The molecule has 1 aliphatic rings. The Kier molecular flexibility index (Phi) is 4.61. The molecule has 2 aromatic rings. The summed E-state index contributed by atoms with van der Waals surface area (Å²) in [6, 6.07) is 11.2. The lowest BCUT2D eigenvalue weighted by Gasteiger charge is -2.17. The van der Waals surface area contributed by atoms with Crippen LogP contribution >= 0.6 is 0 Å². The molecule has 122 valence electrons. The van der Waals surface area contributed by atoms with Gasteiger partial charge in [0.25, 0.3) is 0 Å². The van der Waals surface area contributed by atoms with Crippen LogP contribution in [0.5, 0.6) is 0 Å². The number of ether oxygens (including phenoxy) is 1. The fourth-order valence-electron chi connectivity index (χ4n) is 2.52. The Hall–Kier alpha value is -2.68. The molecular weight excluding hydrogens is 310 g/mol. The highest BCUT2D eigenvalue weighted by Crippen LogP contribution is 2.30. The number of imidazole rings is 1. The molecule has 0 aliphatic carbocycles. The van der Waals surface area contributed by atoms with Crippen molar-refractivity contribution in [3.8, 4) is 17.9 Å². The third-order valence-corrected chi connectivity index (χ3v) is 3.79. The molecule has 0 bridgehead atoms. The van der Waals surface area contributed by atoms with Gasteiger partial charge in [-0.15, -0.1) is 0 Å². The van der Waals surface area contributed by atoms with Gasteiger partial charge < -0.3 is 20.1 Å². The van der Waals surface area contributed by atoms with Crippen LogP contribution in [0.25, 0.3) is 0 Å². The maximum atomic E-state index is 10.1. The first-order valence-corrected chi connectivity index (χ1v) is 7.32. The molecule has 0 unspecified atom stereocenters. The molecule has 0 saturated carbocycles. The number of benzene rings is 1. The molecule has 3 N–H and O–H groups in total. The van der Waals surface area contributed by atoms with Crippen molar-refractivity contribution in [2.75, 3.05) is 6.61 Å². The van der Waals surface area contributed by atoms with Crippen molar-refractivity contribution >= 4 is 0 Å². The lowest BCUT2D eigenvalue weighted by molar-refractivity contribution is -0.0531. The first-order chi connectivity index (χ1) is 11.7. The van der Waals surface area contributed by atoms with E-state index in [0.717, 1.165) is 5.56 Å². The Balaban J connectivity index is 1.98. The Morgan fingerprint density at radius 3 is 2.54 bits per heavy atom. The molecule has 7 nitrogen and oxygen atoms in total. The molecular formula is C17H15N3O4. The van der Waals surface area contributed by atoms with Crippen LogP contribution in [0.4, 0.5) is 0 Å². The Morgan fingerprint density at radius 1 is 1.17 bits per heavy atom. The molecule has 0 amide bonds. The van der Waals surface area contributed by atoms with Crippen molar-refractivity contribution in [2.24, 2.45) is 0 Å². The van der Waals surface area contributed by atoms with E-state index in [-0.39, 0.29) is 11.4 Å². The van der Waals surface area contributed by atoms with E-state index in [1.54, 1.807) is 0 Å². The first kappa shape index (κ1) is 16.2. The second kappa shape index (κ2) is 6.83. The number of aliphatic hydroxyl groups is 3. The van der Waals surface area contributed by atoms with E-state index in [1.165, 1.54) is 10.9 Å². The quantitative estimate of drug-likeness (QED) is 0.658. The molecule has 24 heavy (non-hydrogen) atoms. The number of hydrogen-bond donors (Lipinski definition) is 3. The van der Waals surface area contributed by atoms with Crippen LogP contribution in [0.15, 0.2) is 36.7 Å². The molecule has 0 spiro atoms. The maximum absolute atomic E-state index is 10.1. The molecule has 4 atom stereocenters. The average molecular weight is 325 g/mol. The summed E-state index contributed by atoms with van der Waals surface area (Å²) in [6.45, 7) is -0.431. The maximum Gasteiger partial charge on any atom is 0.174 e. The van der Waals surface area contributed by atoms with Gasteiger partial charge in [0, 0.05) is 5.56 Å². The standard InChI is InChI=1S/C17H15N3O4/c18-8-12-13(7-6-11-4-2-1-3-5-11)20(10-19-12)17-16(23)15(22)14(9-21)24-17/h1-5,10,14-17,21-23H,9H2/t14-,15-,16-,17-/m1/s1. The SMILES string of the molecule is N#Cc1ncn([C@@H]2O[C@H](CO)[C@@H](O)[C@H]2O)c1C#Cc1ccccc1. The lowest BCUT2D eigenvalue weighted by Crippen LogP contribution is -2.33. The smallest absolute Gasteiger partial charge is 0.174 e. The molecule has 1 aliphatic heterocycles. The first-order valence-electron chi connectivity index (χ1n) is 7.32. The van der Waals surface area contributed by atoms with E-state index in [0.29, 0.717) is 0 Å². The van der Waals surface area contributed by atoms with Crippen molar-refractivity contribution in [3.63, 3.8) is 0 Å². The zero-order chi connectivity index (χ0) is 17.1. The van der Waals surface area contributed by atoms with Crippen LogP contribution in [-0.4, -0.2) is 49.8 Å². The third-order valence-electron chi connectivity index (χ3n) is 3.79. The number of aliphatic hydroxyl groups excluding tert-OH is 3. The van der Waals surface area contributed by atoms with Crippen molar-refractivity contribution in [3.05, 3.63) is 53.6 Å². The monoisotopic (exact) mass is 325 g/mol. The molecule has 1 aromatic heterocycles. The summed E-state index contributed by atoms with van der Waals surface area (Å²) in [6.07, 6.45) is -3.06. The fraction of sp³-hybridized carbons (Fsp3) is 0.294. The van der Waals surface area contributed by atoms with Crippen LogP contribution in [0.2, 0.25) is 0 Å². The Labute approximate surface area is 138 Å². The predicted octanol–water partition coefficient (Wildman–Crippen LogP) is -0.234. The van der Waals surface area contributed by atoms with Crippen molar-refractivity contribution in [1.29, 1.82) is 5.26 Å². The topological polar surface area (TPSA) is 112 Å². The van der Waals surface area contributed by atoms with Gasteiger partial charge in [-0.3, -0.25) is 4.57 Å². The highest BCUT2D eigenvalue weighted by molar-refractivity contribution is 5.45. The van der Waals surface area contributed by atoms with Crippen molar-refractivity contribution in [2.45, 2.75) is 24.5 Å². The van der Waals surface area contributed by atoms with Crippen LogP contribution in [0.1, 0.15) is 23.2 Å². The summed E-state index contributed by atoms with van der Waals surface area (Å²) in [5.41, 5.74) is 1.13. The summed E-state index contributed by atoms with van der Waals surface area (Å²) in [5.74, 6) is 5.79. The second-order valence-electron chi connectivity index (χ2n) is 5.31. The Morgan fingerprint density at radius 2 is 1.92 bits per heavy atom. The van der Waals surface area contributed by atoms with E-state index in [2.05, 4.69) is 16.8 Å². The minimum absolute atomic E-state index is 0.0937. The van der Waals surface area contributed by atoms with Gasteiger partial charge in [-0.05, 0) is 18.1 Å². The highest BCUT2D eigenvalue weighted by atomic mass is 16.6. The molecule has 1 aromatic carbocycles. The summed E-state index contributed by atoms with van der Waals surface area (Å²) in [5, 5.41) is 38.4. The number of aromatic nitrogens is 2. The van der Waals surface area contributed by atoms with Gasteiger partial charge in [0.15, 0.2) is 11.9 Å². The number of hydrogen-bond acceptors (Lipinski definition) is 6. The molecule has 2 heterocycles. The molecule has 7 heteroatoms. The van der Waals surface area contributed by atoms with E-state index < -0.39 is 31.1 Å². The number of rotatable bonds is 2. The predicted molar refractivity (Wildman–Crippen MR) is 82.4 cm³/mol. The van der Waals surface area contributed by atoms with Crippen molar-refractivity contribution in [1.82, 2.24) is 9.55 Å². The van der Waals surface area contributed by atoms with Crippen LogP contribution < -0.4 is 0 Å². The van der Waals surface area contributed by atoms with Gasteiger partial charge in [0.2, 0.25) is 0 Å². The third kappa shape index (κ3) is 2.90. The molecule has 0 radical (unpaired) electrons. The van der Waals surface area contributed by atoms with E-state index >= 15 is 0 Å². The minimum atomic E-state index is -1.26. The second-order valence-corrected chi connectivity index (χ2v) is 5.31. The summed E-state index contributed by atoms with van der Waals surface area (Å²) < 4.78 is 6.87. The van der Waals surface area contributed by atoms with Crippen molar-refractivity contribution < 1.29 is 20.1 Å². The highest BCUT2D eigenvalue weighted by Gasteiger charge is 2.44. The molecule has 1 fully saturated rings. The van der Waals surface area contributed by atoms with Crippen LogP contribution in [0, 0.1) is 23.2 Å². The van der Waals surface area contributed by atoms with Gasteiger partial charge >= 0.3 is 0 Å². The lowest BCUT2D eigenvalue weighted by atomic mass is 10.1. The minimum Gasteiger partial charge on any atom is -0.394 e. The normalized spacial score (nSPS) is 25.8. The number of nitriles is 1. The largest absolute Gasteiger partial charge is 0.394 e. The van der Waals surface area contributed by atoms with Gasteiger partial charge in [-0.25, -0.2) is 4.98 Å². The van der Waals surface area contributed by atoms with Gasteiger partial charge in [-0.1, -0.05) is 24.1 Å². The van der Waals surface area contributed by atoms with Gasteiger partial charge in [0.05, 0.1) is 12.9 Å². The van der Waals surface area contributed by atoms with Crippen LogP contribution in [0.3, 0.4) is 0 Å². The molecule has 3 rings (SSSR count). The van der Waals surface area contributed by atoms with Crippen LogP contribution in [-0.2, 0) is 4.74 Å². The number of nitrogens with zero attached hydrogens (tertiary/aromatic N) is 3. The van der Waals surface area contributed by atoms with Gasteiger partial charge in [0.1, 0.15) is 30.1 Å². The summed E-state index contributed by atoms with van der Waals surface area (Å²) in [7, 11) is 0. The van der Waals surface area contributed by atoms with Gasteiger partial charge in [-0.2, -0.15) is 5.26 Å². The zero-order valence-corrected chi connectivity index (χ0v) is 12.6. The fourth-order valence-corrected chi connectivity index (χ4v) is 2.52. The Bertz CT molecular complexity index is 816.